The van der Waals surface area contributed by atoms with Crippen molar-refractivity contribution < 1.29 is 19.1 Å². The summed E-state index contributed by atoms with van der Waals surface area (Å²) in [6.07, 6.45) is 0.453. The maximum absolute atomic E-state index is 12.0. The smallest absolute Gasteiger partial charge is 0.307 e. The third-order valence-electron chi connectivity index (χ3n) is 2.80. The van der Waals surface area contributed by atoms with Crippen LogP contribution in [0.4, 0.5) is 0 Å². The van der Waals surface area contributed by atoms with Gasteiger partial charge in [-0.3, -0.25) is 14.4 Å². The highest BCUT2D eigenvalue weighted by molar-refractivity contribution is 7.12. The maximum Gasteiger partial charge on any atom is 0.307 e. The molecule has 0 aliphatic carbocycles. The summed E-state index contributed by atoms with van der Waals surface area (Å²) in [6.45, 7) is 4.09. The quantitative estimate of drug-likeness (QED) is 0.617. The van der Waals surface area contributed by atoms with E-state index in [0.717, 1.165) is 9.75 Å². The second-order valence-corrected chi connectivity index (χ2v) is 5.89. The van der Waals surface area contributed by atoms with Crippen LogP contribution >= 0.6 is 11.3 Å². The Balaban J connectivity index is 2.32. The van der Waals surface area contributed by atoms with E-state index in [9.17, 15) is 14.4 Å². The topological polar surface area (TPSA) is 72.5 Å². The molecule has 1 amide bonds. The Bertz CT molecular complexity index is 507. The van der Waals surface area contributed by atoms with Gasteiger partial charge in [-0.1, -0.05) is 0 Å². The lowest BCUT2D eigenvalue weighted by molar-refractivity contribution is -0.140. The lowest BCUT2D eigenvalue weighted by Crippen LogP contribution is -2.26. The number of thiophene rings is 1. The van der Waals surface area contributed by atoms with Gasteiger partial charge in [-0.05, 0) is 19.9 Å². The first kappa shape index (κ1) is 16.4. The maximum atomic E-state index is 12.0. The highest BCUT2D eigenvalue weighted by atomic mass is 32.1. The first-order valence-electron chi connectivity index (χ1n) is 6.37. The number of ether oxygens (including phenoxy) is 1. The zero-order chi connectivity index (χ0) is 15.1. The zero-order valence-corrected chi connectivity index (χ0v) is 12.8. The molecule has 6 heteroatoms. The number of aryl methyl sites for hydroxylation is 2. The Morgan fingerprint density at radius 3 is 2.45 bits per heavy atom. The molecule has 1 N–H and O–H groups in total. The monoisotopic (exact) mass is 297 g/mol. The molecule has 0 radical (unpaired) electrons. The molecule has 1 aromatic rings. The van der Waals surface area contributed by atoms with Crippen LogP contribution in [0.25, 0.3) is 0 Å². The molecule has 0 saturated carbocycles. The van der Waals surface area contributed by atoms with Crippen molar-refractivity contribution in [1.82, 2.24) is 5.32 Å². The largest absolute Gasteiger partial charge is 0.469 e. The molecule has 0 saturated heterocycles. The fourth-order valence-electron chi connectivity index (χ4n) is 1.76. The fourth-order valence-corrected chi connectivity index (χ4v) is 2.71. The number of methoxy groups -OCH3 is 1. The van der Waals surface area contributed by atoms with E-state index in [2.05, 4.69) is 10.1 Å². The summed E-state index contributed by atoms with van der Waals surface area (Å²) in [6, 6.07) is 1.86. The SMILES string of the molecule is COC(=O)CCNC(=O)CCC(=O)c1cc(C)sc1C. The minimum Gasteiger partial charge on any atom is -0.469 e. The molecule has 0 atom stereocenters. The van der Waals surface area contributed by atoms with Gasteiger partial charge in [0.05, 0.1) is 13.5 Å². The van der Waals surface area contributed by atoms with Gasteiger partial charge in [0.25, 0.3) is 0 Å². The Hall–Kier alpha value is -1.69. The normalized spacial score (nSPS) is 10.2. The molecule has 1 rings (SSSR count). The van der Waals surface area contributed by atoms with Gasteiger partial charge >= 0.3 is 5.97 Å². The molecule has 0 fully saturated rings. The minimum atomic E-state index is -0.370. The lowest BCUT2D eigenvalue weighted by Gasteiger charge is -2.04. The van der Waals surface area contributed by atoms with Crippen LogP contribution in [-0.2, 0) is 14.3 Å². The third-order valence-corrected chi connectivity index (χ3v) is 3.77. The Morgan fingerprint density at radius 2 is 1.90 bits per heavy atom. The number of Topliss-reactive ketones (excluding diaryl/α,β-unsaturated/α-hetero) is 1. The van der Waals surface area contributed by atoms with Gasteiger partial charge in [0, 0.05) is 34.7 Å². The second-order valence-electron chi connectivity index (χ2n) is 4.43. The fraction of sp³-hybridized carbons (Fsp3) is 0.500. The molecule has 1 heterocycles. The lowest BCUT2D eigenvalue weighted by atomic mass is 10.1. The summed E-state index contributed by atoms with van der Waals surface area (Å²) in [5.74, 6) is -0.618. The summed E-state index contributed by atoms with van der Waals surface area (Å²) >= 11 is 1.58. The van der Waals surface area contributed by atoms with Crippen molar-refractivity contribution in [3.8, 4) is 0 Å². The summed E-state index contributed by atoms with van der Waals surface area (Å²) in [5, 5.41) is 2.59. The van der Waals surface area contributed by atoms with Crippen molar-refractivity contribution in [2.75, 3.05) is 13.7 Å². The van der Waals surface area contributed by atoms with E-state index in [0.29, 0.717) is 5.56 Å². The van der Waals surface area contributed by atoms with Crippen LogP contribution in [0.2, 0.25) is 0 Å². The number of esters is 1. The van der Waals surface area contributed by atoms with E-state index in [1.54, 1.807) is 11.3 Å². The van der Waals surface area contributed by atoms with Gasteiger partial charge in [0.1, 0.15) is 0 Å². The highest BCUT2D eigenvalue weighted by Crippen LogP contribution is 2.22. The molecular weight excluding hydrogens is 278 g/mol. The van der Waals surface area contributed by atoms with Crippen molar-refractivity contribution in [3.63, 3.8) is 0 Å². The van der Waals surface area contributed by atoms with Gasteiger partial charge in [-0.15, -0.1) is 11.3 Å². The number of rotatable bonds is 7. The van der Waals surface area contributed by atoms with Crippen molar-refractivity contribution in [2.24, 2.45) is 0 Å². The van der Waals surface area contributed by atoms with Crippen molar-refractivity contribution in [1.29, 1.82) is 0 Å². The summed E-state index contributed by atoms with van der Waals surface area (Å²) in [5.41, 5.74) is 0.704. The predicted octanol–water partition coefficient (Wildman–Crippen LogP) is 2.01. The number of carbonyl (C=O) groups excluding carboxylic acids is 3. The van der Waals surface area contributed by atoms with E-state index in [4.69, 9.17) is 0 Å². The van der Waals surface area contributed by atoms with Gasteiger partial charge < -0.3 is 10.1 Å². The number of nitrogens with one attached hydrogen (secondary N) is 1. The summed E-state index contributed by atoms with van der Waals surface area (Å²) in [7, 11) is 1.30. The van der Waals surface area contributed by atoms with E-state index in [1.165, 1.54) is 7.11 Å². The molecular formula is C14H19NO4S. The van der Waals surface area contributed by atoms with E-state index in [-0.39, 0.29) is 43.5 Å². The molecule has 0 unspecified atom stereocenters. The summed E-state index contributed by atoms with van der Waals surface area (Å²) in [4.78, 5) is 36.4. The van der Waals surface area contributed by atoms with Crippen LogP contribution in [-0.4, -0.2) is 31.3 Å². The van der Waals surface area contributed by atoms with Gasteiger partial charge in [-0.25, -0.2) is 0 Å². The second kappa shape index (κ2) is 7.79. The van der Waals surface area contributed by atoms with Crippen LogP contribution in [0, 0.1) is 13.8 Å². The first-order valence-corrected chi connectivity index (χ1v) is 7.19. The Kier molecular flexibility index (Phi) is 6.38. The van der Waals surface area contributed by atoms with Gasteiger partial charge in [0.2, 0.25) is 5.91 Å². The number of amides is 1. The van der Waals surface area contributed by atoms with Crippen LogP contribution in [0.5, 0.6) is 0 Å². The molecule has 0 spiro atoms. The minimum absolute atomic E-state index is 0.0185. The van der Waals surface area contributed by atoms with Gasteiger partial charge in [0.15, 0.2) is 5.78 Å². The third kappa shape index (κ3) is 5.13. The van der Waals surface area contributed by atoms with Crippen molar-refractivity contribution in [3.05, 3.63) is 21.4 Å². The van der Waals surface area contributed by atoms with Crippen LogP contribution < -0.4 is 5.32 Å². The van der Waals surface area contributed by atoms with Crippen LogP contribution in [0.3, 0.4) is 0 Å². The Labute approximate surface area is 122 Å². The van der Waals surface area contributed by atoms with E-state index in [1.807, 2.05) is 19.9 Å². The highest BCUT2D eigenvalue weighted by Gasteiger charge is 2.13. The number of hydrogen-bond donors (Lipinski definition) is 1. The zero-order valence-electron chi connectivity index (χ0n) is 11.9. The molecule has 0 aliphatic heterocycles. The van der Waals surface area contributed by atoms with Crippen LogP contribution in [0.1, 0.15) is 39.4 Å². The molecule has 1 aromatic heterocycles. The standard InChI is InChI=1S/C14H19NO4S/c1-9-8-11(10(2)20-9)12(16)4-5-13(17)15-7-6-14(18)19-3/h8H,4-7H2,1-3H3,(H,15,17). The average molecular weight is 297 g/mol. The molecule has 0 aliphatic rings. The molecule has 20 heavy (non-hydrogen) atoms. The van der Waals surface area contributed by atoms with E-state index < -0.39 is 0 Å². The van der Waals surface area contributed by atoms with Crippen molar-refractivity contribution in [2.45, 2.75) is 33.1 Å². The molecule has 110 valence electrons. The Morgan fingerprint density at radius 1 is 1.20 bits per heavy atom. The number of carbonyl (C=O) groups is 3. The molecule has 0 aromatic carbocycles. The number of ketones is 1. The summed E-state index contributed by atoms with van der Waals surface area (Å²) < 4.78 is 4.46. The average Bonchev–Trinajstić information content (AvgIpc) is 2.74. The number of hydrogen-bond acceptors (Lipinski definition) is 5. The van der Waals surface area contributed by atoms with E-state index >= 15 is 0 Å². The predicted molar refractivity (Wildman–Crippen MR) is 77.0 cm³/mol. The molecule has 5 nitrogen and oxygen atoms in total. The van der Waals surface area contributed by atoms with Crippen LogP contribution in [0.15, 0.2) is 6.07 Å². The van der Waals surface area contributed by atoms with Crippen molar-refractivity contribution >= 4 is 29.0 Å². The van der Waals surface area contributed by atoms with Gasteiger partial charge in [-0.2, -0.15) is 0 Å². The molecule has 0 bridgehead atoms. The first-order chi connectivity index (χ1) is 9.43.